The van der Waals surface area contributed by atoms with E-state index in [0.29, 0.717) is 11.9 Å². The molecular weight excluding hydrogens is 381 g/mol. The molecule has 1 unspecified atom stereocenters. The van der Waals surface area contributed by atoms with Gasteiger partial charge in [-0.05, 0) is 37.0 Å². The van der Waals surface area contributed by atoms with Crippen LogP contribution in [0.2, 0.25) is 5.02 Å². The third-order valence-electron chi connectivity index (χ3n) is 4.38. The smallest absolute Gasteiger partial charge is 0.341 e. The summed E-state index contributed by atoms with van der Waals surface area (Å²) in [6, 6.07) is 3.17. The van der Waals surface area contributed by atoms with E-state index in [1.165, 1.54) is 18.5 Å². The summed E-state index contributed by atoms with van der Waals surface area (Å²) in [6.07, 6.45) is 0.197. The molecule has 1 amide bonds. The van der Waals surface area contributed by atoms with Crippen molar-refractivity contribution in [2.24, 2.45) is 5.92 Å². The standard InChI is InChI=1S/C18H18ClF3N4O/c1-11-3-2-6-26(10-11)17-23-8-12(9-24-17)16(27)25-15-5-4-13(19)7-14(15)18(20,21)22/h4-5,7-9,11H,2-3,6,10H2,1H3,(H,25,27). The minimum Gasteiger partial charge on any atom is -0.341 e. The highest BCUT2D eigenvalue weighted by atomic mass is 35.5. The number of nitrogens with one attached hydrogen (secondary N) is 1. The van der Waals surface area contributed by atoms with Crippen molar-refractivity contribution in [1.82, 2.24) is 9.97 Å². The molecule has 2 heterocycles. The number of hydrogen-bond acceptors (Lipinski definition) is 4. The van der Waals surface area contributed by atoms with Gasteiger partial charge in [-0.3, -0.25) is 4.79 Å². The first-order valence-corrected chi connectivity index (χ1v) is 8.87. The van der Waals surface area contributed by atoms with Gasteiger partial charge in [-0.25, -0.2) is 9.97 Å². The Labute approximate surface area is 159 Å². The lowest BCUT2D eigenvalue weighted by atomic mass is 10.0. The maximum absolute atomic E-state index is 13.1. The number of nitrogens with zero attached hydrogens (tertiary/aromatic N) is 3. The van der Waals surface area contributed by atoms with E-state index in [1.54, 1.807) is 0 Å². The second-order valence-corrected chi connectivity index (χ2v) is 7.04. The van der Waals surface area contributed by atoms with E-state index in [1.807, 2.05) is 4.90 Å². The summed E-state index contributed by atoms with van der Waals surface area (Å²) in [5, 5.41) is 2.19. The Hall–Kier alpha value is -2.35. The van der Waals surface area contributed by atoms with Crippen LogP contribution in [0.15, 0.2) is 30.6 Å². The van der Waals surface area contributed by atoms with Crippen LogP contribution >= 0.6 is 11.6 Å². The van der Waals surface area contributed by atoms with Crippen LogP contribution in [0.25, 0.3) is 0 Å². The van der Waals surface area contributed by atoms with Crippen LogP contribution in [0.4, 0.5) is 24.8 Å². The second-order valence-electron chi connectivity index (χ2n) is 6.61. The zero-order chi connectivity index (χ0) is 19.6. The molecular formula is C18H18ClF3N4O. The molecule has 27 heavy (non-hydrogen) atoms. The molecule has 0 radical (unpaired) electrons. The van der Waals surface area contributed by atoms with Crippen molar-refractivity contribution >= 4 is 29.1 Å². The maximum atomic E-state index is 13.1. The van der Waals surface area contributed by atoms with Gasteiger partial charge in [-0.1, -0.05) is 18.5 Å². The number of alkyl halides is 3. The fourth-order valence-electron chi connectivity index (χ4n) is 3.03. The average Bonchev–Trinajstić information content (AvgIpc) is 2.62. The molecule has 1 aromatic carbocycles. The second kappa shape index (κ2) is 7.72. The van der Waals surface area contributed by atoms with Crippen LogP contribution in [-0.2, 0) is 6.18 Å². The molecule has 0 saturated carbocycles. The van der Waals surface area contributed by atoms with Crippen molar-refractivity contribution in [2.45, 2.75) is 25.9 Å². The molecule has 1 aliphatic rings. The Bertz CT molecular complexity index is 826. The topological polar surface area (TPSA) is 58.1 Å². The lowest BCUT2D eigenvalue weighted by molar-refractivity contribution is -0.136. The van der Waals surface area contributed by atoms with Gasteiger partial charge in [-0.15, -0.1) is 0 Å². The Kier molecular flexibility index (Phi) is 5.55. The Morgan fingerprint density at radius 1 is 1.30 bits per heavy atom. The van der Waals surface area contributed by atoms with Gasteiger partial charge < -0.3 is 10.2 Å². The average molecular weight is 399 g/mol. The highest BCUT2D eigenvalue weighted by Crippen LogP contribution is 2.36. The predicted molar refractivity (Wildman–Crippen MR) is 97.1 cm³/mol. The summed E-state index contributed by atoms with van der Waals surface area (Å²) >= 11 is 5.64. The normalized spacial score (nSPS) is 17.7. The van der Waals surface area contributed by atoms with Crippen molar-refractivity contribution in [3.63, 3.8) is 0 Å². The van der Waals surface area contributed by atoms with Crippen LogP contribution in [0, 0.1) is 5.92 Å². The summed E-state index contributed by atoms with van der Waals surface area (Å²) in [4.78, 5) is 22.7. The molecule has 5 nitrogen and oxygen atoms in total. The number of carbonyl (C=O) groups is 1. The number of amides is 1. The van der Waals surface area contributed by atoms with Crippen molar-refractivity contribution in [1.29, 1.82) is 0 Å². The molecule has 0 spiro atoms. The van der Waals surface area contributed by atoms with Gasteiger partial charge in [0, 0.05) is 30.5 Å². The number of halogens is 4. The third kappa shape index (κ3) is 4.68. The number of piperidine rings is 1. The van der Waals surface area contributed by atoms with Crippen molar-refractivity contribution < 1.29 is 18.0 Å². The largest absolute Gasteiger partial charge is 0.418 e. The number of carbonyl (C=O) groups excluding carboxylic acids is 1. The van der Waals surface area contributed by atoms with Crippen molar-refractivity contribution in [3.05, 3.63) is 46.7 Å². The van der Waals surface area contributed by atoms with Gasteiger partial charge in [0.05, 0.1) is 16.8 Å². The van der Waals surface area contributed by atoms with E-state index in [4.69, 9.17) is 11.6 Å². The van der Waals surface area contributed by atoms with E-state index < -0.39 is 17.6 Å². The quantitative estimate of drug-likeness (QED) is 0.818. The molecule has 1 saturated heterocycles. The summed E-state index contributed by atoms with van der Waals surface area (Å²) in [6.45, 7) is 3.83. The molecule has 0 aliphatic carbocycles. The first-order valence-electron chi connectivity index (χ1n) is 8.49. The van der Waals surface area contributed by atoms with Crippen LogP contribution < -0.4 is 10.2 Å². The van der Waals surface area contributed by atoms with E-state index in [9.17, 15) is 18.0 Å². The molecule has 3 rings (SSSR count). The first kappa shape index (κ1) is 19.4. The zero-order valence-electron chi connectivity index (χ0n) is 14.6. The SMILES string of the molecule is CC1CCCN(c2ncc(C(=O)Nc3ccc(Cl)cc3C(F)(F)F)cn2)C1. The maximum Gasteiger partial charge on any atom is 0.418 e. The van der Waals surface area contributed by atoms with Crippen LogP contribution in [0.1, 0.15) is 35.7 Å². The molecule has 1 atom stereocenters. The highest BCUT2D eigenvalue weighted by Gasteiger charge is 2.34. The fourth-order valence-corrected chi connectivity index (χ4v) is 3.20. The van der Waals surface area contributed by atoms with Crippen LogP contribution in [0.5, 0.6) is 0 Å². The zero-order valence-corrected chi connectivity index (χ0v) is 15.3. The van der Waals surface area contributed by atoms with Gasteiger partial charge in [0.25, 0.3) is 5.91 Å². The number of benzene rings is 1. The summed E-state index contributed by atoms with van der Waals surface area (Å²) in [7, 11) is 0. The Balaban J connectivity index is 1.75. The van der Waals surface area contributed by atoms with E-state index in [-0.39, 0.29) is 16.3 Å². The minimum atomic E-state index is -4.64. The van der Waals surface area contributed by atoms with Crippen LogP contribution in [-0.4, -0.2) is 29.0 Å². The first-order chi connectivity index (χ1) is 12.7. The van der Waals surface area contributed by atoms with E-state index in [2.05, 4.69) is 22.2 Å². The molecule has 9 heteroatoms. The summed E-state index contributed by atoms with van der Waals surface area (Å²) in [5.41, 5.74) is -1.30. The number of aromatic nitrogens is 2. The minimum absolute atomic E-state index is 0.0660. The molecule has 2 aromatic rings. The molecule has 1 aliphatic heterocycles. The molecule has 1 N–H and O–H groups in total. The number of rotatable bonds is 3. The predicted octanol–water partition coefficient (Wildman–Crippen LogP) is 4.64. The third-order valence-corrected chi connectivity index (χ3v) is 4.61. The number of hydrogen-bond donors (Lipinski definition) is 1. The van der Waals surface area contributed by atoms with Gasteiger partial charge in [0.1, 0.15) is 0 Å². The fraction of sp³-hybridized carbons (Fsp3) is 0.389. The van der Waals surface area contributed by atoms with Crippen LogP contribution in [0.3, 0.4) is 0 Å². The lowest BCUT2D eigenvalue weighted by Gasteiger charge is -2.30. The molecule has 1 fully saturated rings. The van der Waals surface area contributed by atoms with Crippen molar-refractivity contribution in [2.75, 3.05) is 23.3 Å². The number of anilines is 2. The molecule has 144 valence electrons. The van der Waals surface area contributed by atoms with Gasteiger partial charge in [0.15, 0.2) is 0 Å². The monoisotopic (exact) mass is 398 g/mol. The van der Waals surface area contributed by atoms with Gasteiger partial charge in [0.2, 0.25) is 5.95 Å². The summed E-state index contributed by atoms with van der Waals surface area (Å²) in [5.74, 6) is 0.331. The molecule has 0 bridgehead atoms. The Morgan fingerprint density at radius 2 is 2.00 bits per heavy atom. The summed E-state index contributed by atoms with van der Waals surface area (Å²) < 4.78 is 39.4. The molecule has 1 aromatic heterocycles. The van der Waals surface area contributed by atoms with E-state index >= 15 is 0 Å². The Morgan fingerprint density at radius 3 is 2.63 bits per heavy atom. The highest BCUT2D eigenvalue weighted by molar-refractivity contribution is 6.30. The lowest BCUT2D eigenvalue weighted by Crippen LogP contribution is -2.35. The van der Waals surface area contributed by atoms with E-state index in [0.717, 1.165) is 38.1 Å². The van der Waals surface area contributed by atoms with Gasteiger partial charge in [-0.2, -0.15) is 13.2 Å². The van der Waals surface area contributed by atoms with Crippen molar-refractivity contribution in [3.8, 4) is 0 Å². The van der Waals surface area contributed by atoms with Gasteiger partial charge >= 0.3 is 6.18 Å².